The molecule has 0 saturated carbocycles. The number of furan rings is 1. The van der Waals surface area contributed by atoms with Crippen molar-refractivity contribution in [3.63, 3.8) is 0 Å². The molecule has 2 N–H and O–H groups in total. The van der Waals surface area contributed by atoms with Gasteiger partial charge in [0.25, 0.3) is 0 Å². The summed E-state index contributed by atoms with van der Waals surface area (Å²) in [5.41, 5.74) is 9.08. The lowest BCUT2D eigenvalue weighted by molar-refractivity contribution is 0.505. The maximum absolute atomic E-state index is 5.56. The second-order valence-electron chi connectivity index (χ2n) is 4.27. The molecule has 0 aliphatic heterocycles. The minimum atomic E-state index is 0.525. The standard InChI is InChI=1S/C14H18N2O/c1-11-5-3-4-6-14(11)16(2)9-13-7-12(8-15)10-17-13/h3-7,10H,8-9,15H2,1-2H3. The van der Waals surface area contributed by atoms with Gasteiger partial charge in [-0.15, -0.1) is 0 Å². The van der Waals surface area contributed by atoms with Crippen LogP contribution in [0.1, 0.15) is 16.9 Å². The summed E-state index contributed by atoms with van der Waals surface area (Å²) in [7, 11) is 2.06. The van der Waals surface area contributed by atoms with Crippen molar-refractivity contribution in [2.45, 2.75) is 20.0 Å². The molecule has 1 aromatic carbocycles. The Morgan fingerprint density at radius 2 is 2.06 bits per heavy atom. The van der Waals surface area contributed by atoms with Crippen molar-refractivity contribution in [2.75, 3.05) is 11.9 Å². The van der Waals surface area contributed by atoms with Crippen molar-refractivity contribution in [3.05, 3.63) is 53.5 Å². The van der Waals surface area contributed by atoms with Gasteiger partial charge >= 0.3 is 0 Å². The molecule has 0 spiro atoms. The molecular weight excluding hydrogens is 212 g/mol. The average Bonchev–Trinajstić information content (AvgIpc) is 2.77. The van der Waals surface area contributed by atoms with E-state index in [-0.39, 0.29) is 0 Å². The fourth-order valence-corrected chi connectivity index (χ4v) is 1.93. The van der Waals surface area contributed by atoms with Gasteiger partial charge in [0.1, 0.15) is 5.76 Å². The summed E-state index contributed by atoms with van der Waals surface area (Å²) in [6, 6.07) is 10.3. The summed E-state index contributed by atoms with van der Waals surface area (Å²) >= 11 is 0. The summed E-state index contributed by atoms with van der Waals surface area (Å²) in [4.78, 5) is 2.18. The molecular formula is C14H18N2O. The predicted molar refractivity (Wildman–Crippen MR) is 69.9 cm³/mol. The van der Waals surface area contributed by atoms with Crippen LogP contribution in [0.15, 0.2) is 41.0 Å². The first kappa shape index (κ1) is 11.7. The summed E-state index contributed by atoms with van der Waals surface area (Å²) in [6.07, 6.45) is 1.72. The lowest BCUT2D eigenvalue weighted by atomic mass is 10.2. The summed E-state index contributed by atoms with van der Waals surface area (Å²) < 4.78 is 5.47. The molecule has 17 heavy (non-hydrogen) atoms. The molecule has 2 aromatic rings. The number of hydrogen-bond donors (Lipinski definition) is 1. The largest absolute Gasteiger partial charge is 0.467 e. The van der Waals surface area contributed by atoms with Crippen molar-refractivity contribution < 1.29 is 4.42 Å². The van der Waals surface area contributed by atoms with Gasteiger partial charge in [-0.3, -0.25) is 0 Å². The number of nitrogens with two attached hydrogens (primary N) is 1. The minimum Gasteiger partial charge on any atom is -0.467 e. The topological polar surface area (TPSA) is 42.4 Å². The monoisotopic (exact) mass is 230 g/mol. The van der Waals surface area contributed by atoms with Crippen LogP contribution in [-0.4, -0.2) is 7.05 Å². The van der Waals surface area contributed by atoms with Gasteiger partial charge in [0.15, 0.2) is 0 Å². The average molecular weight is 230 g/mol. The number of nitrogens with zero attached hydrogens (tertiary/aromatic N) is 1. The van der Waals surface area contributed by atoms with E-state index in [1.165, 1.54) is 11.3 Å². The smallest absolute Gasteiger partial charge is 0.123 e. The van der Waals surface area contributed by atoms with E-state index < -0.39 is 0 Å². The summed E-state index contributed by atoms with van der Waals surface area (Å²) in [5.74, 6) is 0.941. The van der Waals surface area contributed by atoms with E-state index >= 15 is 0 Å². The van der Waals surface area contributed by atoms with E-state index in [1.54, 1.807) is 6.26 Å². The SMILES string of the molecule is Cc1ccccc1N(C)Cc1cc(CN)co1. The molecule has 2 rings (SSSR count). The van der Waals surface area contributed by atoms with Crippen LogP contribution in [0.5, 0.6) is 0 Å². The molecule has 0 radical (unpaired) electrons. The number of rotatable bonds is 4. The third-order valence-electron chi connectivity index (χ3n) is 2.86. The molecule has 1 heterocycles. The van der Waals surface area contributed by atoms with Crippen LogP contribution < -0.4 is 10.6 Å². The Balaban J connectivity index is 2.11. The van der Waals surface area contributed by atoms with Gasteiger partial charge in [0.2, 0.25) is 0 Å². The van der Waals surface area contributed by atoms with Gasteiger partial charge in [-0.05, 0) is 24.6 Å². The van der Waals surface area contributed by atoms with E-state index in [0.29, 0.717) is 6.54 Å². The Bertz CT molecular complexity index is 490. The maximum Gasteiger partial charge on any atom is 0.123 e. The lowest BCUT2D eigenvalue weighted by Gasteiger charge is -2.19. The third kappa shape index (κ3) is 2.68. The first-order valence-electron chi connectivity index (χ1n) is 5.74. The van der Waals surface area contributed by atoms with Gasteiger partial charge in [-0.1, -0.05) is 18.2 Å². The Hall–Kier alpha value is -1.74. The van der Waals surface area contributed by atoms with Gasteiger partial charge < -0.3 is 15.1 Å². The van der Waals surface area contributed by atoms with Crippen LogP contribution in [0.4, 0.5) is 5.69 Å². The summed E-state index contributed by atoms with van der Waals surface area (Å²) in [6.45, 7) is 3.39. The van der Waals surface area contributed by atoms with E-state index in [0.717, 1.165) is 17.9 Å². The molecule has 0 aliphatic rings. The molecule has 0 saturated heterocycles. The highest BCUT2D eigenvalue weighted by Crippen LogP contribution is 2.20. The molecule has 1 aromatic heterocycles. The van der Waals surface area contributed by atoms with Crippen molar-refractivity contribution in [2.24, 2.45) is 5.73 Å². The highest BCUT2D eigenvalue weighted by molar-refractivity contribution is 5.52. The number of anilines is 1. The molecule has 0 atom stereocenters. The molecule has 3 nitrogen and oxygen atoms in total. The Morgan fingerprint density at radius 3 is 2.71 bits per heavy atom. The van der Waals surface area contributed by atoms with Crippen LogP contribution >= 0.6 is 0 Å². The fourth-order valence-electron chi connectivity index (χ4n) is 1.93. The van der Waals surface area contributed by atoms with Crippen molar-refractivity contribution in [1.82, 2.24) is 0 Å². The molecule has 0 fully saturated rings. The number of hydrogen-bond acceptors (Lipinski definition) is 3. The molecule has 90 valence electrons. The van der Waals surface area contributed by atoms with E-state index in [1.807, 2.05) is 18.2 Å². The normalized spacial score (nSPS) is 10.5. The van der Waals surface area contributed by atoms with Crippen LogP contribution in [0.3, 0.4) is 0 Å². The third-order valence-corrected chi connectivity index (χ3v) is 2.86. The van der Waals surface area contributed by atoms with Gasteiger partial charge in [-0.2, -0.15) is 0 Å². The van der Waals surface area contributed by atoms with Crippen LogP contribution in [0.25, 0.3) is 0 Å². The number of para-hydroxylation sites is 1. The zero-order chi connectivity index (χ0) is 12.3. The second-order valence-corrected chi connectivity index (χ2v) is 4.27. The van der Waals surface area contributed by atoms with Crippen molar-refractivity contribution in [3.8, 4) is 0 Å². The maximum atomic E-state index is 5.56. The molecule has 0 bridgehead atoms. The Kier molecular flexibility index (Phi) is 3.49. The van der Waals surface area contributed by atoms with Gasteiger partial charge in [0, 0.05) is 24.8 Å². The molecule has 0 aliphatic carbocycles. The second kappa shape index (κ2) is 5.06. The first-order valence-corrected chi connectivity index (χ1v) is 5.74. The number of aryl methyl sites for hydroxylation is 1. The van der Waals surface area contributed by atoms with Gasteiger partial charge in [-0.25, -0.2) is 0 Å². The quantitative estimate of drug-likeness (QED) is 0.878. The van der Waals surface area contributed by atoms with E-state index in [2.05, 4.69) is 31.0 Å². The van der Waals surface area contributed by atoms with Crippen LogP contribution in [0.2, 0.25) is 0 Å². The lowest BCUT2D eigenvalue weighted by Crippen LogP contribution is -2.16. The van der Waals surface area contributed by atoms with E-state index in [4.69, 9.17) is 10.2 Å². The Morgan fingerprint density at radius 1 is 1.29 bits per heavy atom. The van der Waals surface area contributed by atoms with Crippen molar-refractivity contribution >= 4 is 5.69 Å². The molecule has 0 amide bonds. The molecule has 0 unspecified atom stereocenters. The predicted octanol–water partition coefficient (Wildman–Crippen LogP) is 2.68. The van der Waals surface area contributed by atoms with Gasteiger partial charge in [0.05, 0.1) is 12.8 Å². The zero-order valence-corrected chi connectivity index (χ0v) is 10.3. The highest BCUT2D eigenvalue weighted by atomic mass is 16.3. The minimum absolute atomic E-state index is 0.525. The molecule has 3 heteroatoms. The van der Waals surface area contributed by atoms with E-state index in [9.17, 15) is 0 Å². The first-order chi connectivity index (χ1) is 8.20. The van der Waals surface area contributed by atoms with Crippen LogP contribution in [-0.2, 0) is 13.1 Å². The summed E-state index contributed by atoms with van der Waals surface area (Å²) in [5, 5.41) is 0. The Labute approximate surface area is 102 Å². The fraction of sp³-hybridized carbons (Fsp3) is 0.286. The highest BCUT2D eigenvalue weighted by Gasteiger charge is 2.07. The van der Waals surface area contributed by atoms with Crippen LogP contribution in [0, 0.1) is 6.92 Å². The number of benzene rings is 1. The van der Waals surface area contributed by atoms with Crippen molar-refractivity contribution in [1.29, 1.82) is 0 Å². The zero-order valence-electron chi connectivity index (χ0n) is 10.3.